The van der Waals surface area contributed by atoms with Crippen molar-refractivity contribution in [3.8, 4) is 17.3 Å². The molecule has 3 rings (SSSR count). The van der Waals surface area contributed by atoms with E-state index >= 15 is 0 Å². The van der Waals surface area contributed by atoms with Crippen molar-refractivity contribution in [3.05, 3.63) is 48.5 Å². The molecule has 0 fully saturated rings. The highest BCUT2D eigenvalue weighted by molar-refractivity contribution is 7.89. The number of aryl methyl sites for hydroxylation is 1. The number of rotatable bonds is 11. The molecule has 0 aliphatic rings. The molecule has 2 N–H and O–H groups in total. The Morgan fingerprint density at radius 2 is 1.84 bits per heavy atom. The molecular weight excluding hydrogens is 420 g/mol. The van der Waals surface area contributed by atoms with Crippen LogP contribution in [0.1, 0.15) is 19.5 Å². The Morgan fingerprint density at radius 1 is 1.03 bits per heavy atom. The smallest absolute Gasteiger partial charge is 0.244 e. The van der Waals surface area contributed by atoms with Crippen molar-refractivity contribution >= 4 is 15.8 Å². The Bertz CT molecular complexity index is 1120. The second-order valence-corrected chi connectivity index (χ2v) is 8.20. The number of nitrogens with zero attached hydrogens (tertiary/aromatic N) is 4. The summed E-state index contributed by atoms with van der Waals surface area (Å²) in [5.41, 5.74) is 0.877. The second kappa shape index (κ2) is 10.2. The van der Waals surface area contributed by atoms with Gasteiger partial charge in [-0.15, -0.1) is 0 Å². The van der Waals surface area contributed by atoms with Crippen LogP contribution in [0.3, 0.4) is 0 Å². The number of anilines is 1. The molecule has 0 radical (unpaired) electrons. The maximum atomic E-state index is 12.8. The highest BCUT2D eigenvalue weighted by Gasteiger charge is 2.20. The Balaban J connectivity index is 1.63. The van der Waals surface area contributed by atoms with Crippen LogP contribution in [0, 0.1) is 6.92 Å². The van der Waals surface area contributed by atoms with Crippen LogP contribution in [0.25, 0.3) is 5.82 Å². The van der Waals surface area contributed by atoms with E-state index < -0.39 is 10.0 Å². The van der Waals surface area contributed by atoms with Crippen molar-refractivity contribution < 1.29 is 17.9 Å². The Morgan fingerprint density at radius 3 is 2.55 bits per heavy atom. The van der Waals surface area contributed by atoms with Crippen LogP contribution in [0.5, 0.6) is 11.5 Å². The number of nitrogens with one attached hydrogen (secondary N) is 2. The fraction of sp³-hybridized carbons (Fsp3) is 0.350. The van der Waals surface area contributed by atoms with E-state index in [4.69, 9.17) is 9.47 Å². The van der Waals surface area contributed by atoms with E-state index in [1.54, 1.807) is 29.8 Å². The molecule has 0 bridgehead atoms. The molecule has 0 spiro atoms. The van der Waals surface area contributed by atoms with Gasteiger partial charge in [0.15, 0.2) is 5.82 Å². The number of hydrogen-bond donors (Lipinski definition) is 2. The van der Waals surface area contributed by atoms with Crippen LogP contribution in [0.15, 0.2) is 47.8 Å². The molecule has 2 heterocycles. The quantitative estimate of drug-likeness (QED) is 0.430. The molecule has 31 heavy (non-hydrogen) atoms. The van der Waals surface area contributed by atoms with Crippen molar-refractivity contribution in [2.75, 3.05) is 31.6 Å². The number of ether oxygens (including phenoxy) is 2. The Kier molecular flexibility index (Phi) is 7.42. The lowest BCUT2D eigenvalue weighted by Gasteiger charge is -2.14. The predicted molar refractivity (Wildman–Crippen MR) is 116 cm³/mol. The molecule has 0 aliphatic carbocycles. The standard InChI is InChI=1S/C20H26N6O4S/c1-4-29-16-6-7-17(30-5-2)18(12-16)31(27,28)24-10-9-21-19-13-20(23-14-22-19)26-11-8-15(3)25-26/h6-8,11-14,24H,4-5,9-10H2,1-3H3,(H,21,22,23). The monoisotopic (exact) mass is 446 g/mol. The first-order chi connectivity index (χ1) is 14.9. The Labute approximate surface area is 181 Å². The van der Waals surface area contributed by atoms with E-state index in [0.29, 0.717) is 37.1 Å². The normalized spacial score (nSPS) is 11.3. The zero-order chi connectivity index (χ0) is 22.3. The predicted octanol–water partition coefficient (Wildman–Crippen LogP) is 2.16. The van der Waals surface area contributed by atoms with Crippen LogP contribution in [0.2, 0.25) is 0 Å². The summed E-state index contributed by atoms with van der Waals surface area (Å²) in [7, 11) is -3.80. The molecule has 3 aromatic rings. The van der Waals surface area contributed by atoms with Crippen LogP contribution >= 0.6 is 0 Å². The first-order valence-corrected chi connectivity index (χ1v) is 11.4. The van der Waals surface area contributed by atoms with Crippen LogP contribution < -0.4 is 19.5 Å². The van der Waals surface area contributed by atoms with Crippen molar-refractivity contribution in [2.24, 2.45) is 0 Å². The van der Waals surface area contributed by atoms with E-state index in [1.165, 1.54) is 12.4 Å². The molecule has 0 unspecified atom stereocenters. The average molecular weight is 447 g/mol. The summed E-state index contributed by atoms with van der Waals surface area (Å²) in [4.78, 5) is 8.39. The molecule has 2 aromatic heterocycles. The molecule has 0 amide bonds. The lowest BCUT2D eigenvalue weighted by molar-refractivity contribution is 0.322. The summed E-state index contributed by atoms with van der Waals surface area (Å²) in [6.07, 6.45) is 3.23. The molecule has 10 nitrogen and oxygen atoms in total. The third kappa shape index (κ3) is 5.92. The van der Waals surface area contributed by atoms with Gasteiger partial charge in [-0.3, -0.25) is 0 Å². The van der Waals surface area contributed by atoms with E-state index in [0.717, 1.165) is 5.69 Å². The molecule has 0 aliphatic heterocycles. The molecule has 166 valence electrons. The van der Waals surface area contributed by atoms with Gasteiger partial charge in [-0.1, -0.05) is 0 Å². The molecule has 0 atom stereocenters. The molecule has 1 aromatic carbocycles. The Hall–Kier alpha value is -3.18. The van der Waals surface area contributed by atoms with Crippen LogP contribution in [-0.2, 0) is 10.0 Å². The number of aromatic nitrogens is 4. The van der Waals surface area contributed by atoms with Gasteiger partial charge < -0.3 is 14.8 Å². The maximum Gasteiger partial charge on any atom is 0.244 e. The average Bonchev–Trinajstić information content (AvgIpc) is 3.19. The van der Waals surface area contributed by atoms with Gasteiger partial charge in [0.1, 0.15) is 28.5 Å². The first kappa shape index (κ1) is 22.5. The first-order valence-electron chi connectivity index (χ1n) is 9.90. The van der Waals surface area contributed by atoms with E-state index in [1.807, 2.05) is 26.1 Å². The third-order valence-electron chi connectivity index (χ3n) is 4.15. The lowest BCUT2D eigenvalue weighted by Crippen LogP contribution is -2.29. The van der Waals surface area contributed by atoms with Crippen LogP contribution in [-0.4, -0.2) is 54.5 Å². The molecular formula is C20H26N6O4S. The van der Waals surface area contributed by atoms with Gasteiger partial charge in [-0.2, -0.15) is 5.10 Å². The van der Waals surface area contributed by atoms with Gasteiger partial charge in [-0.05, 0) is 39.0 Å². The van der Waals surface area contributed by atoms with E-state index in [-0.39, 0.29) is 17.2 Å². The van der Waals surface area contributed by atoms with Crippen molar-refractivity contribution in [1.29, 1.82) is 0 Å². The number of sulfonamides is 1. The summed E-state index contributed by atoms with van der Waals surface area (Å²) < 4.78 is 40.8. The SMILES string of the molecule is CCOc1ccc(OCC)c(S(=O)(=O)NCCNc2cc(-n3ccc(C)n3)ncn2)c1. The zero-order valence-electron chi connectivity index (χ0n) is 17.7. The minimum Gasteiger partial charge on any atom is -0.494 e. The van der Waals surface area contributed by atoms with Crippen LogP contribution in [0.4, 0.5) is 5.82 Å². The summed E-state index contributed by atoms with van der Waals surface area (Å²) >= 11 is 0. The van der Waals surface area contributed by atoms with Gasteiger partial charge in [0.25, 0.3) is 0 Å². The zero-order valence-corrected chi connectivity index (χ0v) is 18.5. The largest absolute Gasteiger partial charge is 0.494 e. The fourth-order valence-corrected chi connectivity index (χ4v) is 3.98. The summed E-state index contributed by atoms with van der Waals surface area (Å²) in [5, 5.41) is 7.39. The van der Waals surface area contributed by atoms with Crippen molar-refractivity contribution in [3.63, 3.8) is 0 Å². The van der Waals surface area contributed by atoms with Gasteiger partial charge in [-0.25, -0.2) is 27.8 Å². The van der Waals surface area contributed by atoms with Crippen molar-refractivity contribution in [2.45, 2.75) is 25.7 Å². The number of benzene rings is 1. The molecule has 0 saturated carbocycles. The minimum atomic E-state index is -3.80. The lowest BCUT2D eigenvalue weighted by atomic mass is 10.3. The third-order valence-corrected chi connectivity index (χ3v) is 5.63. The summed E-state index contributed by atoms with van der Waals surface area (Å²) in [6, 6.07) is 8.36. The van der Waals surface area contributed by atoms with Gasteiger partial charge in [0, 0.05) is 31.4 Å². The van der Waals surface area contributed by atoms with Gasteiger partial charge >= 0.3 is 0 Å². The van der Waals surface area contributed by atoms with Gasteiger partial charge in [0.2, 0.25) is 10.0 Å². The number of hydrogen-bond acceptors (Lipinski definition) is 8. The second-order valence-electron chi connectivity index (χ2n) is 6.46. The van der Waals surface area contributed by atoms with Crippen molar-refractivity contribution in [1.82, 2.24) is 24.5 Å². The highest BCUT2D eigenvalue weighted by atomic mass is 32.2. The highest BCUT2D eigenvalue weighted by Crippen LogP contribution is 2.28. The van der Waals surface area contributed by atoms with E-state index in [9.17, 15) is 8.42 Å². The maximum absolute atomic E-state index is 12.8. The minimum absolute atomic E-state index is 0.0404. The molecule has 11 heteroatoms. The summed E-state index contributed by atoms with van der Waals surface area (Å²) in [5.74, 6) is 1.92. The topological polar surface area (TPSA) is 120 Å². The fourth-order valence-electron chi connectivity index (χ4n) is 2.79. The van der Waals surface area contributed by atoms with Gasteiger partial charge in [0.05, 0.1) is 18.9 Å². The summed E-state index contributed by atoms with van der Waals surface area (Å²) in [6.45, 7) is 6.78. The van der Waals surface area contributed by atoms with E-state index in [2.05, 4.69) is 25.1 Å². The molecule has 0 saturated heterocycles.